The summed E-state index contributed by atoms with van der Waals surface area (Å²) in [6, 6.07) is 5.39. The van der Waals surface area contributed by atoms with Gasteiger partial charge in [-0.1, -0.05) is 35.0 Å². The largest absolute Gasteiger partial charge is 0.207 e. The van der Waals surface area contributed by atoms with Gasteiger partial charge in [0.15, 0.2) is 0 Å². The molecule has 0 bridgehead atoms. The van der Waals surface area contributed by atoms with Gasteiger partial charge >= 0.3 is 0 Å². The summed E-state index contributed by atoms with van der Waals surface area (Å²) in [7, 11) is 0. The zero-order chi connectivity index (χ0) is 10.3. The Labute approximate surface area is 92.6 Å². The molecule has 2 rings (SSSR count). The Balaban J connectivity index is 2.20. The lowest BCUT2D eigenvalue weighted by Gasteiger charge is -2.10. The average Bonchev–Trinajstić information content (AvgIpc) is 2.86. The van der Waals surface area contributed by atoms with E-state index in [1.807, 2.05) is 19.1 Å². The smallest absolute Gasteiger partial charge is 0.126 e. The van der Waals surface area contributed by atoms with Crippen LogP contribution in [0.5, 0.6) is 0 Å². The second-order valence-electron chi connectivity index (χ2n) is 4.29. The minimum atomic E-state index is -0.114. The first-order valence-corrected chi connectivity index (χ1v) is 5.91. The van der Waals surface area contributed by atoms with Gasteiger partial charge in [-0.2, -0.15) is 0 Å². The summed E-state index contributed by atoms with van der Waals surface area (Å²) in [4.78, 5) is 0.400. The number of hydrogen-bond acceptors (Lipinski definition) is 0. The highest BCUT2D eigenvalue weighted by molar-refractivity contribution is 9.09. The van der Waals surface area contributed by atoms with Gasteiger partial charge in [0, 0.05) is 4.83 Å². The van der Waals surface area contributed by atoms with E-state index in [9.17, 15) is 4.39 Å². The first-order chi connectivity index (χ1) is 6.59. The number of alkyl halides is 1. The Hall–Kier alpha value is -0.370. The molecule has 0 aliphatic heterocycles. The molecule has 1 aromatic rings. The number of benzene rings is 1. The molecular formula is C12H14BrF. The van der Waals surface area contributed by atoms with Crippen LogP contribution >= 0.6 is 15.9 Å². The number of aryl methyl sites for hydroxylation is 1. The van der Waals surface area contributed by atoms with Crippen LogP contribution in [0.2, 0.25) is 0 Å². The predicted molar refractivity (Wildman–Crippen MR) is 60.1 cm³/mol. The van der Waals surface area contributed by atoms with Crippen LogP contribution in [0.25, 0.3) is 0 Å². The van der Waals surface area contributed by atoms with Gasteiger partial charge in [0.2, 0.25) is 0 Å². The van der Waals surface area contributed by atoms with E-state index in [0.29, 0.717) is 4.83 Å². The second kappa shape index (κ2) is 3.65. The lowest BCUT2D eigenvalue weighted by Crippen LogP contribution is -1.95. The molecular weight excluding hydrogens is 243 g/mol. The highest BCUT2D eigenvalue weighted by atomic mass is 79.9. The Kier molecular flexibility index (Phi) is 2.65. The maximum Gasteiger partial charge on any atom is 0.126 e. The topological polar surface area (TPSA) is 0 Å². The SMILES string of the molecule is Cc1cc(C(Br)C2CC2C)ccc1F. The van der Waals surface area contributed by atoms with Gasteiger partial charge in [-0.25, -0.2) is 4.39 Å². The van der Waals surface area contributed by atoms with Crippen LogP contribution in [-0.2, 0) is 0 Å². The van der Waals surface area contributed by atoms with Crippen molar-refractivity contribution in [3.05, 3.63) is 35.1 Å². The zero-order valence-corrected chi connectivity index (χ0v) is 10.0. The molecule has 1 aromatic carbocycles. The van der Waals surface area contributed by atoms with Crippen LogP contribution in [0, 0.1) is 24.6 Å². The lowest BCUT2D eigenvalue weighted by molar-refractivity contribution is 0.616. The molecule has 2 heteroatoms. The highest BCUT2D eigenvalue weighted by Gasteiger charge is 2.38. The maximum atomic E-state index is 13.0. The fraction of sp³-hybridized carbons (Fsp3) is 0.500. The molecule has 0 N–H and O–H groups in total. The highest BCUT2D eigenvalue weighted by Crippen LogP contribution is 2.51. The molecule has 0 saturated heterocycles. The summed E-state index contributed by atoms with van der Waals surface area (Å²) in [6.45, 7) is 4.07. The molecule has 1 aliphatic rings. The predicted octanol–water partition coefficient (Wildman–Crippen LogP) is 4.23. The molecule has 0 aromatic heterocycles. The van der Waals surface area contributed by atoms with E-state index in [0.717, 1.165) is 17.4 Å². The van der Waals surface area contributed by atoms with Crippen molar-refractivity contribution < 1.29 is 4.39 Å². The van der Waals surface area contributed by atoms with Crippen LogP contribution in [-0.4, -0.2) is 0 Å². The fourth-order valence-corrected chi connectivity index (χ4v) is 2.87. The van der Waals surface area contributed by atoms with Crippen LogP contribution in [0.1, 0.15) is 29.3 Å². The Morgan fingerprint density at radius 2 is 2.14 bits per heavy atom. The third-order valence-electron chi connectivity index (χ3n) is 3.05. The van der Waals surface area contributed by atoms with Gasteiger partial charge in [0.25, 0.3) is 0 Å². The third kappa shape index (κ3) is 1.85. The van der Waals surface area contributed by atoms with E-state index in [2.05, 4.69) is 22.9 Å². The van der Waals surface area contributed by atoms with E-state index in [1.165, 1.54) is 12.0 Å². The molecule has 1 fully saturated rings. The standard InChI is InChI=1S/C12H14BrF/c1-7-6-10(7)12(13)9-3-4-11(14)8(2)5-9/h3-5,7,10,12H,6H2,1-2H3. The first-order valence-electron chi connectivity index (χ1n) is 4.99. The maximum absolute atomic E-state index is 13.0. The molecule has 0 radical (unpaired) electrons. The van der Waals surface area contributed by atoms with Crippen LogP contribution in [0.3, 0.4) is 0 Å². The molecule has 0 spiro atoms. The van der Waals surface area contributed by atoms with E-state index in [4.69, 9.17) is 0 Å². The Morgan fingerprint density at radius 1 is 1.50 bits per heavy atom. The second-order valence-corrected chi connectivity index (χ2v) is 5.27. The lowest BCUT2D eigenvalue weighted by atomic mass is 10.0. The van der Waals surface area contributed by atoms with Gasteiger partial charge in [-0.05, 0) is 42.4 Å². The molecule has 0 heterocycles. The average molecular weight is 257 g/mol. The van der Waals surface area contributed by atoms with Crippen molar-refractivity contribution in [2.24, 2.45) is 11.8 Å². The van der Waals surface area contributed by atoms with Gasteiger partial charge in [0.1, 0.15) is 5.82 Å². The summed E-state index contributed by atoms with van der Waals surface area (Å²) in [6.07, 6.45) is 1.28. The van der Waals surface area contributed by atoms with Crippen molar-refractivity contribution in [2.75, 3.05) is 0 Å². The van der Waals surface area contributed by atoms with Crippen molar-refractivity contribution >= 4 is 15.9 Å². The van der Waals surface area contributed by atoms with Crippen molar-refractivity contribution in [2.45, 2.75) is 25.1 Å². The number of rotatable bonds is 2. The number of hydrogen-bond donors (Lipinski definition) is 0. The van der Waals surface area contributed by atoms with Crippen molar-refractivity contribution in [1.82, 2.24) is 0 Å². The van der Waals surface area contributed by atoms with Crippen LogP contribution in [0.4, 0.5) is 4.39 Å². The zero-order valence-electron chi connectivity index (χ0n) is 8.43. The fourth-order valence-electron chi connectivity index (χ4n) is 1.85. The van der Waals surface area contributed by atoms with E-state index >= 15 is 0 Å². The molecule has 1 aliphatic carbocycles. The summed E-state index contributed by atoms with van der Waals surface area (Å²) in [5, 5.41) is 0. The third-order valence-corrected chi connectivity index (χ3v) is 4.26. The summed E-state index contributed by atoms with van der Waals surface area (Å²) < 4.78 is 13.0. The molecule has 3 unspecified atom stereocenters. The minimum absolute atomic E-state index is 0.114. The van der Waals surface area contributed by atoms with Crippen LogP contribution in [0.15, 0.2) is 18.2 Å². The summed E-state index contributed by atoms with van der Waals surface area (Å²) in [5.41, 5.74) is 1.94. The van der Waals surface area contributed by atoms with E-state index < -0.39 is 0 Å². The monoisotopic (exact) mass is 256 g/mol. The van der Waals surface area contributed by atoms with E-state index in [-0.39, 0.29) is 5.82 Å². The van der Waals surface area contributed by atoms with Crippen molar-refractivity contribution in [3.63, 3.8) is 0 Å². The van der Waals surface area contributed by atoms with Crippen molar-refractivity contribution in [3.8, 4) is 0 Å². The van der Waals surface area contributed by atoms with Crippen LogP contribution < -0.4 is 0 Å². The Morgan fingerprint density at radius 3 is 2.64 bits per heavy atom. The molecule has 0 nitrogen and oxygen atoms in total. The van der Waals surface area contributed by atoms with Gasteiger partial charge in [0.05, 0.1) is 0 Å². The minimum Gasteiger partial charge on any atom is -0.207 e. The van der Waals surface area contributed by atoms with Gasteiger partial charge in [-0.3, -0.25) is 0 Å². The molecule has 3 atom stereocenters. The van der Waals surface area contributed by atoms with Gasteiger partial charge in [-0.15, -0.1) is 0 Å². The summed E-state index contributed by atoms with van der Waals surface area (Å²) in [5.74, 6) is 1.43. The van der Waals surface area contributed by atoms with E-state index in [1.54, 1.807) is 6.07 Å². The normalized spacial score (nSPS) is 27.4. The summed E-state index contributed by atoms with van der Waals surface area (Å²) >= 11 is 3.69. The quantitative estimate of drug-likeness (QED) is 0.695. The molecule has 1 saturated carbocycles. The molecule has 14 heavy (non-hydrogen) atoms. The Bertz CT molecular complexity index is 348. The van der Waals surface area contributed by atoms with Crippen molar-refractivity contribution in [1.29, 1.82) is 0 Å². The number of halogens is 2. The van der Waals surface area contributed by atoms with Gasteiger partial charge < -0.3 is 0 Å². The first kappa shape index (κ1) is 10.2. The molecule has 0 amide bonds. The molecule has 76 valence electrons.